The van der Waals surface area contributed by atoms with Gasteiger partial charge in [-0.25, -0.2) is 9.78 Å². The van der Waals surface area contributed by atoms with Crippen molar-refractivity contribution in [3.63, 3.8) is 0 Å². The van der Waals surface area contributed by atoms with Crippen molar-refractivity contribution in [2.45, 2.75) is 20.3 Å². The zero-order valence-electron chi connectivity index (χ0n) is 10.3. The number of para-hydroxylation sites is 2. The normalized spacial score (nSPS) is 11.7. The first-order valence-corrected chi connectivity index (χ1v) is 5.97. The van der Waals surface area contributed by atoms with E-state index in [2.05, 4.69) is 24.1 Å². The van der Waals surface area contributed by atoms with Crippen LogP contribution in [0.2, 0.25) is 0 Å². The van der Waals surface area contributed by atoms with Crippen LogP contribution in [0.3, 0.4) is 0 Å². The summed E-state index contributed by atoms with van der Waals surface area (Å²) in [5.41, 5.74) is 2.60. The van der Waals surface area contributed by atoms with Crippen molar-refractivity contribution in [1.82, 2.24) is 10.3 Å². The third kappa shape index (κ3) is 1.59. The summed E-state index contributed by atoms with van der Waals surface area (Å²) >= 11 is 0. The van der Waals surface area contributed by atoms with Crippen molar-refractivity contribution in [3.05, 3.63) is 40.4 Å². The molecule has 0 unspecified atom stereocenters. The van der Waals surface area contributed by atoms with E-state index in [4.69, 9.17) is 4.52 Å². The molecular formula is C13H14N3O2+. The molecule has 3 aromatic rings. The number of hydrogen-bond donors (Lipinski definition) is 1. The fourth-order valence-electron chi connectivity index (χ4n) is 2.16. The van der Waals surface area contributed by atoms with Gasteiger partial charge in [0, 0.05) is 6.07 Å². The summed E-state index contributed by atoms with van der Waals surface area (Å²) < 4.78 is 6.56. The van der Waals surface area contributed by atoms with Crippen molar-refractivity contribution in [2.75, 3.05) is 0 Å². The van der Waals surface area contributed by atoms with Crippen LogP contribution >= 0.6 is 0 Å². The van der Waals surface area contributed by atoms with E-state index >= 15 is 0 Å². The molecule has 1 aromatic carbocycles. The van der Waals surface area contributed by atoms with Crippen molar-refractivity contribution in [3.8, 4) is 0 Å². The highest BCUT2D eigenvalue weighted by Gasteiger charge is 2.23. The average molecular weight is 244 g/mol. The summed E-state index contributed by atoms with van der Waals surface area (Å²) in [7, 11) is 0. The number of benzene rings is 1. The summed E-state index contributed by atoms with van der Waals surface area (Å²) in [5.74, 6) is 0.428. The molecule has 0 saturated carbocycles. The van der Waals surface area contributed by atoms with E-state index in [1.807, 2.05) is 24.3 Å². The van der Waals surface area contributed by atoms with E-state index in [1.54, 1.807) is 4.52 Å². The molecule has 5 nitrogen and oxygen atoms in total. The van der Waals surface area contributed by atoms with E-state index in [0.717, 1.165) is 23.1 Å². The second-order valence-corrected chi connectivity index (χ2v) is 4.81. The van der Waals surface area contributed by atoms with Gasteiger partial charge in [0.2, 0.25) is 0 Å². The van der Waals surface area contributed by atoms with Crippen LogP contribution in [0.4, 0.5) is 0 Å². The lowest BCUT2D eigenvalue weighted by Gasteiger charge is -2.02. The van der Waals surface area contributed by atoms with Crippen LogP contribution in [0.5, 0.6) is 0 Å². The number of aromatic nitrogens is 3. The quantitative estimate of drug-likeness (QED) is 0.694. The van der Waals surface area contributed by atoms with E-state index in [9.17, 15) is 4.79 Å². The minimum atomic E-state index is -0.371. The van der Waals surface area contributed by atoms with Gasteiger partial charge in [-0.05, 0) is 28.2 Å². The molecule has 0 aliphatic carbocycles. The first kappa shape index (κ1) is 11.0. The zero-order valence-corrected chi connectivity index (χ0v) is 10.3. The second-order valence-electron chi connectivity index (χ2n) is 4.81. The van der Waals surface area contributed by atoms with E-state index in [1.165, 1.54) is 0 Å². The minimum absolute atomic E-state index is 0.371. The zero-order chi connectivity index (χ0) is 12.7. The first-order chi connectivity index (χ1) is 8.66. The van der Waals surface area contributed by atoms with Gasteiger partial charge in [0.25, 0.3) is 5.52 Å². The topological polar surface area (TPSA) is 63.0 Å². The highest BCUT2D eigenvalue weighted by Crippen LogP contribution is 2.13. The van der Waals surface area contributed by atoms with Gasteiger partial charge in [0.1, 0.15) is 11.2 Å². The van der Waals surface area contributed by atoms with E-state index < -0.39 is 0 Å². The van der Waals surface area contributed by atoms with Crippen molar-refractivity contribution < 1.29 is 9.04 Å². The van der Waals surface area contributed by atoms with Crippen LogP contribution in [-0.4, -0.2) is 10.3 Å². The Morgan fingerprint density at radius 1 is 1.39 bits per heavy atom. The molecule has 0 radical (unpaired) electrons. The second kappa shape index (κ2) is 3.94. The van der Waals surface area contributed by atoms with Crippen molar-refractivity contribution in [1.29, 1.82) is 0 Å². The molecule has 2 aromatic heterocycles. The molecule has 18 heavy (non-hydrogen) atoms. The van der Waals surface area contributed by atoms with E-state index in [-0.39, 0.29) is 5.63 Å². The number of nitrogens with one attached hydrogen (secondary N) is 1. The molecule has 0 aliphatic heterocycles. The Hall–Kier alpha value is -2.17. The number of H-pyrrole nitrogens is 1. The standard InChI is InChI=1S/C13H13N3O2/c1-8(2)7-10-12-13(17)18-15-16(12)11-6-4-3-5-9(11)14-10/h3-6,8H,7H2,1-2H3/p+1. The maximum atomic E-state index is 11.8. The number of hydrogen-bond acceptors (Lipinski definition) is 3. The van der Waals surface area contributed by atoms with Crippen LogP contribution in [0, 0.1) is 5.92 Å². The predicted molar refractivity (Wildman–Crippen MR) is 66.3 cm³/mol. The molecule has 0 fully saturated rings. The lowest BCUT2D eigenvalue weighted by Crippen LogP contribution is -2.28. The molecule has 0 bridgehead atoms. The van der Waals surface area contributed by atoms with Gasteiger partial charge < -0.3 is 0 Å². The Bertz CT molecular complexity index is 771. The van der Waals surface area contributed by atoms with Crippen molar-refractivity contribution >= 4 is 16.6 Å². The predicted octanol–water partition coefficient (Wildman–Crippen LogP) is 1.45. The Morgan fingerprint density at radius 2 is 2.17 bits per heavy atom. The number of fused-ring (bicyclic) bond motifs is 3. The number of nitrogens with zero attached hydrogens (tertiary/aromatic N) is 2. The molecule has 0 saturated heterocycles. The Kier molecular flexibility index (Phi) is 2.40. The van der Waals surface area contributed by atoms with Crippen LogP contribution in [0.1, 0.15) is 19.5 Å². The molecule has 0 spiro atoms. The molecule has 92 valence electrons. The van der Waals surface area contributed by atoms with Gasteiger partial charge in [-0.1, -0.05) is 26.0 Å². The third-order valence-electron chi connectivity index (χ3n) is 2.90. The van der Waals surface area contributed by atoms with Crippen LogP contribution in [0.15, 0.2) is 33.6 Å². The SMILES string of the molecule is CC(C)Cc1nc2ccccc2[n+]2[nH]oc(=O)c12. The number of aromatic amines is 1. The largest absolute Gasteiger partial charge is 0.437 e. The van der Waals surface area contributed by atoms with Crippen LogP contribution in [0.25, 0.3) is 16.6 Å². The lowest BCUT2D eigenvalue weighted by molar-refractivity contribution is -0.568. The summed E-state index contributed by atoms with van der Waals surface area (Å²) in [6.45, 7) is 4.20. The van der Waals surface area contributed by atoms with Crippen LogP contribution < -0.4 is 10.1 Å². The molecule has 5 heteroatoms. The summed E-state index contributed by atoms with van der Waals surface area (Å²) in [6.07, 6.45) is 0.747. The summed E-state index contributed by atoms with van der Waals surface area (Å²) in [5, 5.41) is 2.63. The Balaban J connectivity index is 2.44. The monoisotopic (exact) mass is 244 g/mol. The third-order valence-corrected chi connectivity index (χ3v) is 2.90. The van der Waals surface area contributed by atoms with Gasteiger partial charge in [0.05, 0.1) is 0 Å². The molecular weight excluding hydrogens is 230 g/mol. The summed E-state index contributed by atoms with van der Waals surface area (Å²) in [4.78, 5) is 16.3. The van der Waals surface area contributed by atoms with Gasteiger partial charge >= 0.3 is 11.1 Å². The average Bonchev–Trinajstić information content (AvgIpc) is 2.72. The fourth-order valence-corrected chi connectivity index (χ4v) is 2.16. The molecule has 2 heterocycles. The van der Waals surface area contributed by atoms with Crippen molar-refractivity contribution in [2.24, 2.45) is 5.92 Å². The minimum Gasteiger partial charge on any atom is -0.282 e. The van der Waals surface area contributed by atoms with Gasteiger partial charge in [0.15, 0.2) is 0 Å². The molecule has 0 atom stereocenters. The summed E-state index contributed by atoms with van der Waals surface area (Å²) in [6, 6.07) is 7.67. The maximum Gasteiger partial charge on any atom is 0.437 e. The Morgan fingerprint density at radius 3 is 2.94 bits per heavy atom. The molecule has 0 amide bonds. The smallest absolute Gasteiger partial charge is 0.282 e. The molecule has 0 aliphatic rings. The highest BCUT2D eigenvalue weighted by molar-refractivity contribution is 5.72. The first-order valence-electron chi connectivity index (χ1n) is 5.97. The van der Waals surface area contributed by atoms with E-state index in [0.29, 0.717) is 11.4 Å². The molecule has 1 N–H and O–H groups in total. The van der Waals surface area contributed by atoms with Crippen LogP contribution in [-0.2, 0) is 6.42 Å². The lowest BCUT2D eigenvalue weighted by atomic mass is 10.1. The maximum absolute atomic E-state index is 11.8. The van der Waals surface area contributed by atoms with Gasteiger partial charge in [-0.15, -0.1) is 0 Å². The highest BCUT2D eigenvalue weighted by atomic mass is 16.5. The van der Waals surface area contributed by atoms with Gasteiger partial charge in [-0.2, -0.15) is 0 Å². The van der Waals surface area contributed by atoms with Gasteiger partial charge in [-0.3, -0.25) is 4.52 Å². The number of rotatable bonds is 2. The molecule has 3 rings (SSSR count). The fraction of sp³-hybridized carbons (Fsp3) is 0.308. The Labute approximate surface area is 103 Å².